The molecule has 3 N–H and O–H groups in total. The average Bonchev–Trinajstić information content (AvgIpc) is 2.45. The van der Waals surface area contributed by atoms with Crippen LogP contribution >= 0.6 is 11.6 Å². The third-order valence-electron chi connectivity index (χ3n) is 2.90. The third-order valence-corrected chi connectivity index (χ3v) is 4.06. The van der Waals surface area contributed by atoms with E-state index in [4.69, 9.17) is 21.5 Å². The summed E-state index contributed by atoms with van der Waals surface area (Å²) in [6.07, 6.45) is 0. The van der Waals surface area contributed by atoms with Crippen molar-refractivity contribution >= 4 is 27.3 Å². The summed E-state index contributed by atoms with van der Waals surface area (Å²) in [4.78, 5) is 0.0295. The summed E-state index contributed by atoms with van der Waals surface area (Å²) in [6, 6.07) is 11.7. The molecule has 0 fully saturated rings. The first-order chi connectivity index (χ1) is 9.90. The number of hydrogen-bond acceptors (Lipinski definition) is 4. The maximum atomic E-state index is 11.4. The molecule has 0 unspecified atom stereocenters. The second-order valence-electron chi connectivity index (χ2n) is 4.39. The van der Waals surface area contributed by atoms with Crippen molar-refractivity contribution in [2.45, 2.75) is 11.4 Å². The molecule has 7 heteroatoms. The van der Waals surface area contributed by atoms with Crippen LogP contribution in [0.5, 0.6) is 5.75 Å². The fraction of sp³-hybridized carbons (Fsp3) is 0.143. The molecule has 112 valence electrons. The van der Waals surface area contributed by atoms with E-state index < -0.39 is 10.0 Å². The molecule has 0 saturated carbocycles. The van der Waals surface area contributed by atoms with Crippen LogP contribution in [0.1, 0.15) is 5.56 Å². The van der Waals surface area contributed by atoms with Crippen LogP contribution < -0.4 is 15.2 Å². The zero-order valence-electron chi connectivity index (χ0n) is 11.3. The van der Waals surface area contributed by atoms with Gasteiger partial charge in [0, 0.05) is 11.6 Å². The highest BCUT2D eigenvalue weighted by Gasteiger charge is 2.11. The first kappa shape index (κ1) is 15.6. The van der Waals surface area contributed by atoms with Crippen molar-refractivity contribution in [2.75, 3.05) is 12.4 Å². The van der Waals surface area contributed by atoms with Gasteiger partial charge in [0.15, 0.2) is 0 Å². The number of sulfonamides is 1. The van der Waals surface area contributed by atoms with Crippen molar-refractivity contribution in [1.82, 2.24) is 0 Å². The number of hydrogen-bond donors (Lipinski definition) is 2. The van der Waals surface area contributed by atoms with Gasteiger partial charge in [-0.1, -0.05) is 23.7 Å². The number of ether oxygens (including phenoxy) is 1. The van der Waals surface area contributed by atoms with E-state index in [1.54, 1.807) is 18.2 Å². The van der Waals surface area contributed by atoms with E-state index in [1.165, 1.54) is 19.2 Å². The van der Waals surface area contributed by atoms with Crippen LogP contribution in [0.15, 0.2) is 47.4 Å². The van der Waals surface area contributed by atoms with E-state index in [2.05, 4.69) is 5.32 Å². The molecule has 0 amide bonds. The summed E-state index contributed by atoms with van der Waals surface area (Å²) in [6.45, 7) is 0.502. The van der Waals surface area contributed by atoms with Gasteiger partial charge in [-0.3, -0.25) is 0 Å². The van der Waals surface area contributed by atoms with Gasteiger partial charge in [-0.05, 0) is 35.9 Å². The van der Waals surface area contributed by atoms with Crippen LogP contribution in [0.4, 0.5) is 5.69 Å². The number of benzene rings is 2. The van der Waals surface area contributed by atoms with Gasteiger partial charge in [0.05, 0.1) is 17.7 Å². The Balaban J connectivity index is 2.23. The molecule has 0 aliphatic carbocycles. The van der Waals surface area contributed by atoms with Gasteiger partial charge in [-0.15, -0.1) is 0 Å². The van der Waals surface area contributed by atoms with Crippen LogP contribution in [0.3, 0.4) is 0 Å². The van der Waals surface area contributed by atoms with E-state index in [9.17, 15) is 8.42 Å². The number of primary sulfonamides is 1. The smallest absolute Gasteiger partial charge is 0.238 e. The monoisotopic (exact) mass is 326 g/mol. The minimum absolute atomic E-state index is 0.0295. The summed E-state index contributed by atoms with van der Waals surface area (Å²) in [7, 11) is -2.24. The van der Waals surface area contributed by atoms with Crippen LogP contribution in [0.25, 0.3) is 0 Å². The van der Waals surface area contributed by atoms with Crippen molar-refractivity contribution in [3.63, 3.8) is 0 Å². The topological polar surface area (TPSA) is 81.4 Å². The first-order valence-electron chi connectivity index (χ1n) is 6.09. The number of nitrogens with two attached hydrogens (primary N) is 1. The molecular weight excluding hydrogens is 312 g/mol. The Morgan fingerprint density at radius 2 is 1.86 bits per heavy atom. The fourth-order valence-electron chi connectivity index (χ4n) is 1.80. The number of methoxy groups -OCH3 is 1. The second-order valence-corrected chi connectivity index (χ2v) is 6.38. The number of rotatable bonds is 5. The number of nitrogens with one attached hydrogen (secondary N) is 1. The summed E-state index contributed by atoms with van der Waals surface area (Å²) in [5.41, 5.74) is 1.56. The van der Waals surface area contributed by atoms with Crippen LogP contribution in [0, 0.1) is 0 Å². The molecule has 21 heavy (non-hydrogen) atoms. The maximum Gasteiger partial charge on any atom is 0.238 e. The van der Waals surface area contributed by atoms with E-state index in [0.717, 1.165) is 5.56 Å². The lowest BCUT2D eigenvalue weighted by atomic mass is 10.2. The van der Waals surface area contributed by atoms with Crippen LogP contribution in [0.2, 0.25) is 5.02 Å². The molecule has 2 aromatic carbocycles. The minimum Gasteiger partial charge on any atom is -0.495 e. The Hall–Kier alpha value is -1.76. The van der Waals surface area contributed by atoms with Gasteiger partial charge in [0.1, 0.15) is 5.75 Å². The zero-order chi connectivity index (χ0) is 15.5. The summed E-state index contributed by atoms with van der Waals surface area (Å²) in [5.74, 6) is 0.538. The molecule has 0 heterocycles. The Morgan fingerprint density at radius 3 is 2.43 bits per heavy atom. The normalized spacial score (nSPS) is 11.2. The fourth-order valence-corrected chi connectivity index (χ4v) is 2.47. The molecule has 0 saturated heterocycles. The predicted octanol–water partition coefficient (Wildman–Crippen LogP) is 2.61. The standard InChI is InChI=1S/C14H15ClN2O3S/c1-20-14-7-6-12(21(16,18)19)8-13(14)17-9-10-2-4-11(15)5-3-10/h2-8,17H,9H2,1H3,(H2,16,18,19). The molecule has 0 atom stereocenters. The van der Waals surface area contributed by atoms with Gasteiger partial charge in [-0.25, -0.2) is 13.6 Å². The molecule has 0 spiro atoms. The quantitative estimate of drug-likeness (QED) is 0.885. The highest BCUT2D eigenvalue weighted by molar-refractivity contribution is 7.89. The Bertz CT molecular complexity index is 730. The molecule has 0 radical (unpaired) electrons. The van der Waals surface area contributed by atoms with Crippen molar-refractivity contribution in [3.8, 4) is 5.75 Å². The van der Waals surface area contributed by atoms with Gasteiger partial charge >= 0.3 is 0 Å². The third kappa shape index (κ3) is 4.10. The lowest BCUT2D eigenvalue weighted by Gasteiger charge is -2.12. The minimum atomic E-state index is -3.75. The molecule has 0 aliphatic heterocycles. The number of halogens is 1. The van der Waals surface area contributed by atoms with Crippen molar-refractivity contribution in [3.05, 3.63) is 53.1 Å². The average molecular weight is 327 g/mol. The largest absolute Gasteiger partial charge is 0.495 e. The first-order valence-corrected chi connectivity index (χ1v) is 8.02. The summed E-state index contributed by atoms with van der Waals surface area (Å²) in [5, 5.41) is 8.91. The Kier molecular flexibility index (Phi) is 4.72. The Labute approximate surface area is 128 Å². The second kappa shape index (κ2) is 6.34. The van der Waals surface area contributed by atoms with Crippen molar-refractivity contribution < 1.29 is 13.2 Å². The molecule has 2 aromatic rings. The van der Waals surface area contributed by atoms with Gasteiger partial charge in [0.2, 0.25) is 10.0 Å². The van der Waals surface area contributed by atoms with E-state index in [-0.39, 0.29) is 4.90 Å². The van der Waals surface area contributed by atoms with Gasteiger partial charge < -0.3 is 10.1 Å². The van der Waals surface area contributed by atoms with Crippen LogP contribution in [-0.4, -0.2) is 15.5 Å². The Morgan fingerprint density at radius 1 is 1.19 bits per heavy atom. The summed E-state index contributed by atoms with van der Waals surface area (Å²) < 4.78 is 28.0. The molecule has 5 nitrogen and oxygen atoms in total. The highest BCUT2D eigenvalue weighted by Crippen LogP contribution is 2.27. The van der Waals surface area contributed by atoms with Crippen molar-refractivity contribution in [2.24, 2.45) is 5.14 Å². The highest BCUT2D eigenvalue weighted by atomic mass is 35.5. The molecule has 0 bridgehead atoms. The lowest BCUT2D eigenvalue weighted by molar-refractivity contribution is 0.416. The molecule has 0 aliphatic rings. The van der Waals surface area contributed by atoms with Gasteiger partial charge in [0.25, 0.3) is 0 Å². The lowest BCUT2D eigenvalue weighted by Crippen LogP contribution is -2.12. The number of anilines is 1. The molecule has 0 aromatic heterocycles. The van der Waals surface area contributed by atoms with E-state index in [0.29, 0.717) is 23.0 Å². The summed E-state index contributed by atoms with van der Waals surface area (Å²) >= 11 is 5.83. The van der Waals surface area contributed by atoms with E-state index >= 15 is 0 Å². The maximum absolute atomic E-state index is 11.4. The molecular formula is C14H15ClN2O3S. The van der Waals surface area contributed by atoms with E-state index in [1.807, 2.05) is 12.1 Å². The molecule has 2 rings (SSSR count). The van der Waals surface area contributed by atoms with Crippen LogP contribution in [-0.2, 0) is 16.6 Å². The van der Waals surface area contributed by atoms with Crippen molar-refractivity contribution in [1.29, 1.82) is 0 Å². The van der Waals surface area contributed by atoms with Gasteiger partial charge in [-0.2, -0.15) is 0 Å². The zero-order valence-corrected chi connectivity index (χ0v) is 12.9. The predicted molar refractivity (Wildman–Crippen MR) is 83.1 cm³/mol. The SMILES string of the molecule is COc1ccc(S(N)(=O)=O)cc1NCc1ccc(Cl)cc1.